The molecular weight excluding hydrogens is 362 g/mol. The summed E-state index contributed by atoms with van der Waals surface area (Å²) in [6.07, 6.45) is 0.501. The molecule has 3 rings (SSSR count). The molecule has 0 saturated heterocycles. The number of nitrogens with zero attached hydrogens (tertiary/aromatic N) is 4. The third kappa shape index (κ3) is 3.30. The summed E-state index contributed by atoms with van der Waals surface area (Å²) >= 11 is 0. The van der Waals surface area contributed by atoms with Crippen molar-refractivity contribution in [1.82, 2.24) is 14.6 Å². The molecule has 1 aromatic carbocycles. The van der Waals surface area contributed by atoms with Crippen molar-refractivity contribution in [3.05, 3.63) is 56.2 Å². The average molecular weight is 385 g/mol. The van der Waals surface area contributed by atoms with Gasteiger partial charge in [-0.15, -0.1) is 0 Å². The molecule has 1 aromatic heterocycles. The van der Waals surface area contributed by atoms with Crippen LogP contribution in [-0.2, 0) is 11.8 Å². The van der Waals surface area contributed by atoms with Gasteiger partial charge in [-0.05, 0) is 17.7 Å². The Bertz CT molecular complexity index is 1050. The maximum atomic E-state index is 12.4. The van der Waals surface area contributed by atoms with E-state index in [2.05, 4.69) is 10.1 Å². The highest BCUT2D eigenvalue weighted by Gasteiger charge is 2.34. The van der Waals surface area contributed by atoms with E-state index in [9.17, 15) is 19.5 Å². The fraction of sp³-hybridized carbons (Fsp3) is 0.368. The lowest BCUT2D eigenvalue weighted by Gasteiger charge is -2.22. The van der Waals surface area contributed by atoms with Gasteiger partial charge in [0.25, 0.3) is 5.56 Å². The molecule has 1 atom stereocenters. The van der Waals surface area contributed by atoms with Crippen LogP contribution in [0.2, 0.25) is 0 Å². The van der Waals surface area contributed by atoms with Crippen LogP contribution in [0.15, 0.2) is 39.0 Å². The second kappa shape index (κ2) is 7.34. The van der Waals surface area contributed by atoms with E-state index in [1.807, 2.05) is 43.3 Å². The first-order chi connectivity index (χ1) is 13.2. The Morgan fingerprint density at radius 2 is 1.93 bits per heavy atom. The van der Waals surface area contributed by atoms with Crippen molar-refractivity contribution in [3.63, 3.8) is 0 Å². The number of aromatic hydroxyl groups is 1. The topological polar surface area (TPSA) is 111 Å². The summed E-state index contributed by atoms with van der Waals surface area (Å²) in [5.74, 6) is -0.669. The van der Waals surface area contributed by atoms with Crippen LogP contribution in [0.1, 0.15) is 36.9 Å². The molecule has 28 heavy (non-hydrogen) atoms. The number of amides is 1. The SMILES string of the molecule is CCC(=O)N1N=C(c2c(O)n(C)c(=O)[nH]c2=O)CC1c1ccc(N(C)C)cc1. The van der Waals surface area contributed by atoms with Gasteiger partial charge in [-0.2, -0.15) is 5.10 Å². The Morgan fingerprint density at radius 1 is 1.29 bits per heavy atom. The molecule has 0 bridgehead atoms. The summed E-state index contributed by atoms with van der Waals surface area (Å²) in [5, 5.41) is 16.0. The predicted molar refractivity (Wildman–Crippen MR) is 106 cm³/mol. The van der Waals surface area contributed by atoms with E-state index in [-0.39, 0.29) is 30.0 Å². The van der Waals surface area contributed by atoms with Gasteiger partial charge in [-0.25, -0.2) is 9.80 Å². The molecule has 0 spiro atoms. The Morgan fingerprint density at radius 3 is 2.50 bits per heavy atom. The smallest absolute Gasteiger partial charge is 0.330 e. The van der Waals surface area contributed by atoms with E-state index in [1.165, 1.54) is 12.1 Å². The van der Waals surface area contributed by atoms with Crippen LogP contribution >= 0.6 is 0 Å². The van der Waals surface area contributed by atoms with E-state index in [0.717, 1.165) is 15.8 Å². The Hall–Kier alpha value is -3.36. The highest BCUT2D eigenvalue weighted by atomic mass is 16.3. The van der Waals surface area contributed by atoms with E-state index in [0.29, 0.717) is 0 Å². The number of carbonyl (C=O) groups is 1. The number of hydrogen-bond donors (Lipinski definition) is 2. The molecule has 9 nitrogen and oxygen atoms in total. The quantitative estimate of drug-likeness (QED) is 0.813. The minimum atomic E-state index is -0.730. The molecule has 1 unspecified atom stereocenters. The summed E-state index contributed by atoms with van der Waals surface area (Å²) in [5.41, 5.74) is 0.602. The van der Waals surface area contributed by atoms with Gasteiger partial charge < -0.3 is 10.0 Å². The lowest BCUT2D eigenvalue weighted by molar-refractivity contribution is -0.132. The molecule has 0 aliphatic carbocycles. The van der Waals surface area contributed by atoms with Crippen LogP contribution in [0.5, 0.6) is 5.88 Å². The molecule has 1 amide bonds. The number of aromatic amines is 1. The number of carbonyl (C=O) groups excluding carboxylic acids is 1. The van der Waals surface area contributed by atoms with Gasteiger partial charge in [-0.1, -0.05) is 19.1 Å². The summed E-state index contributed by atoms with van der Waals surface area (Å²) < 4.78 is 0.935. The van der Waals surface area contributed by atoms with Crippen LogP contribution in [0.3, 0.4) is 0 Å². The Kier molecular flexibility index (Phi) is 5.08. The Labute approximate surface area is 161 Å². The van der Waals surface area contributed by atoms with Crippen molar-refractivity contribution in [2.45, 2.75) is 25.8 Å². The second-order valence-corrected chi connectivity index (χ2v) is 6.86. The van der Waals surface area contributed by atoms with Crippen LogP contribution in [0, 0.1) is 0 Å². The molecule has 2 heterocycles. The average Bonchev–Trinajstić information content (AvgIpc) is 3.10. The second-order valence-electron chi connectivity index (χ2n) is 6.86. The molecule has 1 aliphatic rings. The first-order valence-electron chi connectivity index (χ1n) is 8.94. The van der Waals surface area contributed by atoms with Crippen LogP contribution < -0.4 is 16.1 Å². The summed E-state index contributed by atoms with van der Waals surface area (Å²) in [7, 11) is 5.22. The molecule has 0 saturated carbocycles. The fourth-order valence-corrected chi connectivity index (χ4v) is 3.18. The van der Waals surface area contributed by atoms with Crippen molar-refractivity contribution < 1.29 is 9.90 Å². The number of H-pyrrole nitrogens is 1. The maximum absolute atomic E-state index is 12.4. The van der Waals surface area contributed by atoms with Crippen LogP contribution in [0.4, 0.5) is 5.69 Å². The normalized spacial score (nSPS) is 16.2. The molecule has 9 heteroatoms. The first kappa shape index (κ1) is 19.4. The van der Waals surface area contributed by atoms with Crippen molar-refractivity contribution in [2.75, 3.05) is 19.0 Å². The number of anilines is 1. The van der Waals surface area contributed by atoms with E-state index in [4.69, 9.17) is 0 Å². The number of hydrazone groups is 1. The minimum absolute atomic E-state index is 0.0941. The van der Waals surface area contributed by atoms with Crippen molar-refractivity contribution in [3.8, 4) is 5.88 Å². The standard InChI is InChI=1S/C19H23N5O4/c1-5-15(25)24-14(11-6-8-12(9-7-11)22(2)3)10-13(21-24)16-17(26)20-19(28)23(4)18(16)27/h6-9,14,27H,5,10H2,1-4H3,(H,20,26,28). The van der Waals surface area contributed by atoms with Gasteiger partial charge >= 0.3 is 5.69 Å². The Balaban J connectivity index is 2.05. The van der Waals surface area contributed by atoms with Crippen molar-refractivity contribution >= 4 is 17.3 Å². The zero-order valence-corrected chi connectivity index (χ0v) is 16.3. The van der Waals surface area contributed by atoms with Gasteiger partial charge in [0, 0.05) is 39.7 Å². The van der Waals surface area contributed by atoms with Crippen molar-refractivity contribution in [1.29, 1.82) is 0 Å². The lowest BCUT2D eigenvalue weighted by Crippen LogP contribution is -2.32. The van der Waals surface area contributed by atoms with Gasteiger partial charge in [-0.3, -0.25) is 19.1 Å². The molecule has 2 N–H and O–H groups in total. The fourth-order valence-electron chi connectivity index (χ4n) is 3.18. The highest BCUT2D eigenvalue weighted by Crippen LogP contribution is 2.34. The largest absolute Gasteiger partial charge is 0.494 e. The van der Waals surface area contributed by atoms with Crippen LogP contribution in [0.25, 0.3) is 0 Å². The molecule has 148 valence electrons. The van der Waals surface area contributed by atoms with Gasteiger partial charge in [0.1, 0.15) is 5.56 Å². The minimum Gasteiger partial charge on any atom is -0.494 e. The number of benzene rings is 1. The monoisotopic (exact) mass is 385 g/mol. The molecule has 0 fully saturated rings. The highest BCUT2D eigenvalue weighted by molar-refractivity contribution is 6.04. The van der Waals surface area contributed by atoms with E-state index >= 15 is 0 Å². The number of nitrogens with one attached hydrogen (secondary N) is 1. The van der Waals surface area contributed by atoms with Crippen molar-refractivity contribution in [2.24, 2.45) is 12.1 Å². The third-order valence-electron chi connectivity index (χ3n) is 4.84. The molecular formula is C19H23N5O4. The van der Waals surface area contributed by atoms with E-state index in [1.54, 1.807) is 6.92 Å². The number of rotatable bonds is 4. The zero-order chi connectivity index (χ0) is 20.6. The zero-order valence-electron chi connectivity index (χ0n) is 16.3. The molecule has 0 radical (unpaired) electrons. The van der Waals surface area contributed by atoms with E-state index < -0.39 is 23.2 Å². The van der Waals surface area contributed by atoms with Crippen LogP contribution in [-0.4, -0.2) is 45.4 Å². The molecule has 1 aliphatic heterocycles. The summed E-state index contributed by atoms with van der Waals surface area (Å²) in [6.45, 7) is 1.73. The van der Waals surface area contributed by atoms with Gasteiger partial charge in [0.2, 0.25) is 11.8 Å². The predicted octanol–water partition coefficient (Wildman–Crippen LogP) is 0.933. The third-order valence-corrected chi connectivity index (χ3v) is 4.84. The number of hydrogen-bond acceptors (Lipinski definition) is 6. The van der Waals surface area contributed by atoms with Gasteiger partial charge in [0.05, 0.1) is 11.8 Å². The maximum Gasteiger partial charge on any atom is 0.330 e. The molecule has 2 aromatic rings. The van der Waals surface area contributed by atoms with Gasteiger partial charge in [0.15, 0.2) is 0 Å². The first-order valence-corrected chi connectivity index (χ1v) is 8.94. The summed E-state index contributed by atoms with van der Waals surface area (Å²) in [4.78, 5) is 40.5. The number of aromatic nitrogens is 2. The lowest BCUT2D eigenvalue weighted by atomic mass is 9.98. The summed E-state index contributed by atoms with van der Waals surface area (Å²) in [6, 6.07) is 7.32.